The van der Waals surface area contributed by atoms with Gasteiger partial charge in [-0.2, -0.15) is 10.5 Å². The van der Waals surface area contributed by atoms with Crippen molar-refractivity contribution in [3.8, 4) is 12.1 Å². The molecule has 5 nitrogen and oxygen atoms in total. The molecule has 0 saturated carbocycles. The lowest BCUT2D eigenvalue weighted by Gasteiger charge is -2.24. The SMILES string of the molecule is N#C[C@@H]1CCCN1C(=O)CN1CCC[C@@H]1C#N. The molecular formula is C12H16N4O. The Labute approximate surface area is 101 Å². The van der Waals surface area contributed by atoms with E-state index in [-0.39, 0.29) is 24.5 Å². The lowest BCUT2D eigenvalue weighted by molar-refractivity contribution is -0.132. The van der Waals surface area contributed by atoms with Gasteiger partial charge >= 0.3 is 0 Å². The number of hydrogen-bond acceptors (Lipinski definition) is 4. The molecule has 5 heteroatoms. The van der Waals surface area contributed by atoms with Crippen molar-refractivity contribution in [2.75, 3.05) is 19.6 Å². The molecule has 0 aromatic heterocycles. The fraction of sp³-hybridized carbons (Fsp3) is 0.750. The molecule has 2 heterocycles. The summed E-state index contributed by atoms with van der Waals surface area (Å²) in [5.41, 5.74) is 0. The van der Waals surface area contributed by atoms with Gasteiger partial charge in [0.15, 0.2) is 0 Å². The van der Waals surface area contributed by atoms with Crippen molar-refractivity contribution in [3.63, 3.8) is 0 Å². The van der Waals surface area contributed by atoms with Gasteiger partial charge in [-0.15, -0.1) is 0 Å². The van der Waals surface area contributed by atoms with Gasteiger partial charge in [0, 0.05) is 13.1 Å². The van der Waals surface area contributed by atoms with Crippen LogP contribution in [0.15, 0.2) is 0 Å². The van der Waals surface area contributed by atoms with Gasteiger partial charge in [0.1, 0.15) is 6.04 Å². The molecule has 0 N–H and O–H groups in total. The summed E-state index contributed by atoms with van der Waals surface area (Å²) in [4.78, 5) is 15.6. The summed E-state index contributed by atoms with van der Waals surface area (Å²) in [5, 5.41) is 17.9. The fourth-order valence-corrected chi connectivity index (χ4v) is 2.63. The maximum Gasteiger partial charge on any atom is 0.237 e. The first-order chi connectivity index (χ1) is 8.26. The first-order valence-corrected chi connectivity index (χ1v) is 6.09. The zero-order chi connectivity index (χ0) is 12.3. The molecule has 1 amide bonds. The molecule has 2 rings (SSSR count). The predicted octanol–water partition coefficient (Wildman–Crippen LogP) is 0.489. The molecule has 2 fully saturated rings. The molecule has 0 radical (unpaired) electrons. The number of nitriles is 2. The van der Waals surface area contributed by atoms with Crippen LogP contribution < -0.4 is 0 Å². The summed E-state index contributed by atoms with van der Waals surface area (Å²) in [5.74, 6) is -0.00352. The van der Waals surface area contributed by atoms with E-state index < -0.39 is 0 Å². The molecule has 2 saturated heterocycles. The maximum atomic E-state index is 12.1. The van der Waals surface area contributed by atoms with Crippen LogP contribution in [0.3, 0.4) is 0 Å². The van der Waals surface area contributed by atoms with Gasteiger partial charge in [-0.25, -0.2) is 0 Å². The molecule has 90 valence electrons. The summed E-state index contributed by atoms with van der Waals surface area (Å²) in [7, 11) is 0. The minimum atomic E-state index is -0.259. The van der Waals surface area contributed by atoms with E-state index in [9.17, 15) is 4.79 Å². The van der Waals surface area contributed by atoms with Gasteiger partial charge in [-0.1, -0.05) is 0 Å². The van der Waals surface area contributed by atoms with E-state index in [1.165, 1.54) is 0 Å². The Morgan fingerprint density at radius 3 is 2.47 bits per heavy atom. The van der Waals surface area contributed by atoms with E-state index in [0.29, 0.717) is 6.54 Å². The predicted molar refractivity (Wildman–Crippen MR) is 60.6 cm³/mol. The lowest BCUT2D eigenvalue weighted by Crippen LogP contribution is -2.43. The second-order valence-electron chi connectivity index (χ2n) is 4.63. The highest BCUT2D eigenvalue weighted by atomic mass is 16.2. The highest BCUT2D eigenvalue weighted by molar-refractivity contribution is 5.79. The van der Waals surface area contributed by atoms with Crippen LogP contribution in [-0.2, 0) is 4.79 Å². The third kappa shape index (κ3) is 2.40. The zero-order valence-corrected chi connectivity index (χ0v) is 9.80. The molecule has 0 unspecified atom stereocenters. The molecule has 0 bridgehead atoms. The van der Waals surface area contributed by atoms with E-state index in [2.05, 4.69) is 12.1 Å². The van der Waals surface area contributed by atoms with E-state index in [1.807, 2.05) is 4.90 Å². The van der Waals surface area contributed by atoms with E-state index >= 15 is 0 Å². The van der Waals surface area contributed by atoms with Gasteiger partial charge < -0.3 is 4.90 Å². The number of nitrogens with zero attached hydrogens (tertiary/aromatic N) is 4. The van der Waals surface area contributed by atoms with E-state index in [0.717, 1.165) is 32.2 Å². The number of likely N-dealkylation sites (tertiary alicyclic amines) is 2. The Morgan fingerprint density at radius 2 is 1.76 bits per heavy atom. The number of carbonyl (C=O) groups excluding carboxylic acids is 1. The average Bonchev–Trinajstić information content (AvgIpc) is 2.96. The molecule has 0 aromatic carbocycles. The maximum absolute atomic E-state index is 12.1. The van der Waals surface area contributed by atoms with Crippen LogP contribution in [0.5, 0.6) is 0 Å². The third-order valence-electron chi connectivity index (χ3n) is 3.57. The van der Waals surface area contributed by atoms with Crippen molar-refractivity contribution in [1.29, 1.82) is 10.5 Å². The topological polar surface area (TPSA) is 71.1 Å². The number of hydrogen-bond donors (Lipinski definition) is 0. The second-order valence-corrected chi connectivity index (χ2v) is 4.63. The van der Waals surface area contributed by atoms with E-state index in [4.69, 9.17) is 10.5 Å². The van der Waals surface area contributed by atoms with Crippen molar-refractivity contribution in [2.45, 2.75) is 37.8 Å². The van der Waals surface area contributed by atoms with Gasteiger partial charge in [0.05, 0.1) is 24.7 Å². The monoisotopic (exact) mass is 232 g/mol. The summed E-state index contributed by atoms with van der Waals surface area (Å²) in [6.45, 7) is 1.79. The summed E-state index contributed by atoms with van der Waals surface area (Å²) < 4.78 is 0. The number of carbonyl (C=O) groups is 1. The summed E-state index contributed by atoms with van der Waals surface area (Å²) in [6, 6.07) is 4.01. The Balaban J connectivity index is 1.93. The van der Waals surface area contributed by atoms with Crippen LogP contribution in [0, 0.1) is 22.7 Å². The van der Waals surface area contributed by atoms with Crippen molar-refractivity contribution >= 4 is 5.91 Å². The first kappa shape index (κ1) is 11.9. The Hall–Kier alpha value is -1.59. The molecule has 17 heavy (non-hydrogen) atoms. The van der Waals surface area contributed by atoms with Gasteiger partial charge in [-0.3, -0.25) is 9.69 Å². The zero-order valence-electron chi connectivity index (χ0n) is 9.80. The van der Waals surface area contributed by atoms with Crippen LogP contribution >= 0.6 is 0 Å². The highest BCUT2D eigenvalue weighted by Crippen LogP contribution is 2.20. The van der Waals surface area contributed by atoms with E-state index in [1.54, 1.807) is 4.90 Å². The van der Waals surface area contributed by atoms with Crippen molar-refractivity contribution in [2.24, 2.45) is 0 Å². The quantitative estimate of drug-likeness (QED) is 0.694. The smallest absolute Gasteiger partial charge is 0.237 e. The Kier molecular flexibility index (Phi) is 3.61. The Bertz CT molecular complexity index is 381. The normalized spacial score (nSPS) is 28.9. The van der Waals surface area contributed by atoms with Crippen molar-refractivity contribution < 1.29 is 4.79 Å². The standard InChI is InChI=1S/C12H16N4O/c13-7-10-3-1-5-15(10)9-12(17)16-6-2-4-11(16)8-14/h10-11H,1-6,9H2/t10-,11+/m1/s1. The molecule has 2 atom stereocenters. The van der Waals surface area contributed by atoms with Crippen LogP contribution in [0.4, 0.5) is 0 Å². The van der Waals surface area contributed by atoms with Crippen LogP contribution in [0.1, 0.15) is 25.7 Å². The molecule has 0 aromatic rings. The van der Waals surface area contributed by atoms with Crippen LogP contribution in [0.2, 0.25) is 0 Å². The summed E-state index contributed by atoms with van der Waals surface area (Å²) in [6.07, 6.45) is 3.52. The molecular weight excluding hydrogens is 216 g/mol. The number of rotatable bonds is 2. The van der Waals surface area contributed by atoms with Gasteiger partial charge in [0.2, 0.25) is 5.91 Å². The molecule has 0 aliphatic carbocycles. The minimum Gasteiger partial charge on any atom is -0.326 e. The highest BCUT2D eigenvalue weighted by Gasteiger charge is 2.32. The van der Waals surface area contributed by atoms with Crippen molar-refractivity contribution in [3.05, 3.63) is 0 Å². The lowest BCUT2D eigenvalue weighted by atomic mass is 10.2. The average molecular weight is 232 g/mol. The minimum absolute atomic E-state index is 0.00352. The number of amides is 1. The molecule has 2 aliphatic heterocycles. The first-order valence-electron chi connectivity index (χ1n) is 6.09. The van der Waals surface area contributed by atoms with Crippen molar-refractivity contribution in [1.82, 2.24) is 9.80 Å². The van der Waals surface area contributed by atoms with Crippen LogP contribution in [0.25, 0.3) is 0 Å². The van der Waals surface area contributed by atoms with Crippen LogP contribution in [-0.4, -0.2) is 47.4 Å². The Morgan fingerprint density at radius 1 is 1.12 bits per heavy atom. The molecule has 2 aliphatic rings. The van der Waals surface area contributed by atoms with Gasteiger partial charge in [-0.05, 0) is 25.7 Å². The summed E-state index contributed by atoms with van der Waals surface area (Å²) >= 11 is 0. The largest absolute Gasteiger partial charge is 0.326 e. The third-order valence-corrected chi connectivity index (χ3v) is 3.57. The van der Waals surface area contributed by atoms with Gasteiger partial charge in [0.25, 0.3) is 0 Å². The fourth-order valence-electron chi connectivity index (χ4n) is 2.63. The molecule has 0 spiro atoms. The second kappa shape index (κ2) is 5.16.